The molecule has 2 heterocycles. The van der Waals surface area contributed by atoms with Crippen LogP contribution in [0.15, 0.2) is 91.0 Å². The highest BCUT2D eigenvalue weighted by atomic mass is 32.1. The Morgan fingerprint density at radius 1 is 0.895 bits per heavy atom. The molecule has 38 heavy (non-hydrogen) atoms. The Bertz CT molecular complexity index is 1650. The van der Waals surface area contributed by atoms with Crippen LogP contribution in [0.5, 0.6) is 0 Å². The van der Waals surface area contributed by atoms with Crippen LogP contribution in [-0.4, -0.2) is 25.4 Å². The van der Waals surface area contributed by atoms with E-state index in [-0.39, 0.29) is 16.8 Å². The number of aromatic nitrogens is 3. The molecule has 0 spiro atoms. The summed E-state index contributed by atoms with van der Waals surface area (Å²) < 4.78 is 18.2. The first-order chi connectivity index (χ1) is 18.3. The zero-order valence-corrected chi connectivity index (χ0v) is 22.0. The van der Waals surface area contributed by atoms with Gasteiger partial charge >= 0.3 is 0 Å². The van der Waals surface area contributed by atoms with E-state index in [0.717, 1.165) is 28.2 Å². The molecular formula is C30H26FN5OS. The maximum atomic E-state index is 14.6. The van der Waals surface area contributed by atoms with E-state index >= 15 is 0 Å². The number of thiocarbonyl (C=S) groups is 1. The lowest BCUT2D eigenvalue weighted by Crippen LogP contribution is -2.35. The van der Waals surface area contributed by atoms with Gasteiger partial charge in [-0.15, -0.1) is 0 Å². The van der Waals surface area contributed by atoms with Crippen molar-refractivity contribution >= 4 is 29.1 Å². The molecule has 5 aromatic rings. The van der Waals surface area contributed by atoms with Crippen LogP contribution < -0.4 is 10.6 Å². The van der Waals surface area contributed by atoms with Crippen LogP contribution >= 0.6 is 12.2 Å². The Labute approximate surface area is 225 Å². The van der Waals surface area contributed by atoms with Gasteiger partial charge in [0.15, 0.2) is 5.11 Å². The first kappa shape index (κ1) is 25.1. The monoisotopic (exact) mass is 523 g/mol. The quantitative estimate of drug-likeness (QED) is 0.258. The zero-order chi connectivity index (χ0) is 26.8. The summed E-state index contributed by atoms with van der Waals surface area (Å²) in [5.41, 5.74) is 5.98. The number of anilines is 1. The summed E-state index contributed by atoms with van der Waals surface area (Å²) in [5.74, 6) is -0.00947. The summed E-state index contributed by atoms with van der Waals surface area (Å²) in [4.78, 5) is 12.8. The maximum absolute atomic E-state index is 14.6. The summed E-state index contributed by atoms with van der Waals surface area (Å²) in [6.45, 7) is 5.75. The van der Waals surface area contributed by atoms with Crippen LogP contribution in [0.3, 0.4) is 0 Å². The van der Waals surface area contributed by atoms with E-state index in [9.17, 15) is 9.18 Å². The van der Waals surface area contributed by atoms with E-state index in [4.69, 9.17) is 17.3 Å². The largest absolute Gasteiger partial charge is 0.317 e. The smallest absolute Gasteiger partial charge is 0.257 e. The van der Waals surface area contributed by atoms with Crippen molar-refractivity contribution in [2.24, 2.45) is 0 Å². The molecule has 190 valence electrons. The lowest BCUT2D eigenvalue weighted by atomic mass is 10.1. The van der Waals surface area contributed by atoms with Crippen molar-refractivity contribution in [3.05, 3.63) is 119 Å². The summed E-state index contributed by atoms with van der Waals surface area (Å²) in [6.07, 6.45) is 0. The number of rotatable bonds is 5. The lowest BCUT2D eigenvalue weighted by Gasteiger charge is -2.12. The second kappa shape index (κ2) is 10.4. The number of benzene rings is 3. The van der Waals surface area contributed by atoms with Gasteiger partial charge in [0.05, 0.1) is 17.1 Å². The van der Waals surface area contributed by atoms with Crippen molar-refractivity contribution in [1.29, 1.82) is 0 Å². The standard InChI is InChI=1S/C30H26FN5OS/c1-19-11-7-8-14-23(19)29(37)33-30(38)32-28-18-26(34-36(28)22-12-5-4-6-13-22)24-17-20(2)35(21(24)3)27-16-10-9-15-25(27)31/h4-18H,1-3H3,(H2,32,33,37,38). The molecule has 0 aliphatic rings. The number of carbonyl (C=O) groups is 1. The summed E-state index contributed by atoms with van der Waals surface area (Å²) >= 11 is 5.49. The molecule has 6 nitrogen and oxygen atoms in total. The Hall–Kier alpha value is -4.56. The van der Waals surface area contributed by atoms with Crippen molar-refractivity contribution < 1.29 is 9.18 Å². The highest BCUT2D eigenvalue weighted by Gasteiger charge is 2.20. The average molecular weight is 524 g/mol. The molecule has 0 aliphatic heterocycles. The van der Waals surface area contributed by atoms with Crippen molar-refractivity contribution in [1.82, 2.24) is 19.7 Å². The fraction of sp³-hybridized carbons (Fsp3) is 0.100. The van der Waals surface area contributed by atoms with Gasteiger partial charge in [-0.2, -0.15) is 5.10 Å². The molecule has 0 saturated heterocycles. The molecule has 0 aliphatic carbocycles. The second-order valence-electron chi connectivity index (χ2n) is 8.96. The van der Waals surface area contributed by atoms with Gasteiger partial charge in [0.1, 0.15) is 11.6 Å². The van der Waals surface area contributed by atoms with Gasteiger partial charge in [0, 0.05) is 28.6 Å². The number of hydrogen-bond donors (Lipinski definition) is 2. The lowest BCUT2D eigenvalue weighted by molar-refractivity contribution is 0.0977. The van der Waals surface area contributed by atoms with E-state index in [1.807, 2.05) is 92.1 Å². The fourth-order valence-electron chi connectivity index (χ4n) is 4.54. The number of aryl methyl sites for hydroxylation is 2. The van der Waals surface area contributed by atoms with Crippen molar-refractivity contribution in [2.45, 2.75) is 20.8 Å². The number of para-hydroxylation sites is 2. The zero-order valence-electron chi connectivity index (χ0n) is 21.2. The van der Waals surface area contributed by atoms with Crippen LogP contribution in [0.4, 0.5) is 10.2 Å². The van der Waals surface area contributed by atoms with Crippen LogP contribution in [0.25, 0.3) is 22.6 Å². The van der Waals surface area contributed by atoms with Gasteiger partial charge in [-0.25, -0.2) is 9.07 Å². The summed E-state index contributed by atoms with van der Waals surface area (Å²) in [5, 5.41) is 10.9. The van der Waals surface area contributed by atoms with Gasteiger partial charge in [-0.05, 0) is 75.0 Å². The predicted molar refractivity (Wildman–Crippen MR) is 153 cm³/mol. The number of halogens is 1. The van der Waals surface area contributed by atoms with Gasteiger partial charge in [-0.3, -0.25) is 10.1 Å². The first-order valence-corrected chi connectivity index (χ1v) is 12.5. The molecular weight excluding hydrogens is 497 g/mol. The van der Waals surface area contributed by atoms with Crippen LogP contribution in [0.2, 0.25) is 0 Å². The van der Waals surface area contributed by atoms with Gasteiger partial charge < -0.3 is 9.88 Å². The molecule has 0 unspecified atom stereocenters. The molecule has 1 amide bonds. The van der Waals surface area contributed by atoms with Crippen LogP contribution in [-0.2, 0) is 0 Å². The predicted octanol–water partition coefficient (Wildman–Crippen LogP) is 6.52. The minimum atomic E-state index is -0.298. The highest BCUT2D eigenvalue weighted by molar-refractivity contribution is 7.80. The van der Waals surface area contributed by atoms with Gasteiger partial charge in [-0.1, -0.05) is 48.5 Å². The number of amides is 1. The molecule has 2 aromatic heterocycles. The van der Waals surface area contributed by atoms with Gasteiger partial charge in [0.2, 0.25) is 0 Å². The van der Waals surface area contributed by atoms with E-state index in [1.165, 1.54) is 6.07 Å². The molecule has 0 saturated carbocycles. The van der Waals surface area contributed by atoms with Crippen molar-refractivity contribution in [2.75, 3.05) is 5.32 Å². The fourth-order valence-corrected chi connectivity index (χ4v) is 4.74. The summed E-state index contributed by atoms with van der Waals surface area (Å²) in [6, 6.07) is 27.5. The van der Waals surface area contributed by atoms with Crippen molar-refractivity contribution in [3.63, 3.8) is 0 Å². The third-order valence-electron chi connectivity index (χ3n) is 6.37. The highest BCUT2D eigenvalue weighted by Crippen LogP contribution is 2.32. The Balaban J connectivity index is 1.51. The summed E-state index contributed by atoms with van der Waals surface area (Å²) in [7, 11) is 0. The molecule has 8 heteroatoms. The Kier molecular flexibility index (Phi) is 6.89. The van der Waals surface area contributed by atoms with E-state index < -0.39 is 0 Å². The minimum absolute atomic E-state index is 0.152. The van der Waals surface area contributed by atoms with E-state index in [0.29, 0.717) is 22.8 Å². The van der Waals surface area contributed by atoms with E-state index in [2.05, 4.69) is 10.6 Å². The molecule has 0 atom stereocenters. The Morgan fingerprint density at radius 3 is 2.32 bits per heavy atom. The van der Waals surface area contributed by atoms with Crippen molar-refractivity contribution in [3.8, 4) is 22.6 Å². The van der Waals surface area contributed by atoms with Gasteiger partial charge in [0.25, 0.3) is 5.91 Å². The second-order valence-corrected chi connectivity index (χ2v) is 9.37. The molecule has 0 bridgehead atoms. The normalized spacial score (nSPS) is 10.8. The minimum Gasteiger partial charge on any atom is -0.317 e. The topological polar surface area (TPSA) is 63.9 Å². The van der Waals surface area contributed by atoms with Crippen LogP contribution in [0, 0.1) is 26.6 Å². The van der Waals surface area contributed by atoms with E-state index in [1.54, 1.807) is 22.9 Å². The first-order valence-electron chi connectivity index (χ1n) is 12.1. The number of nitrogens with zero attached hydrogens (tertiary/aromatic N) is 3. The molecule has 0 radical (unpaired) electrons. The maximum Gasteiger partial charge on any atom is 0.257 e. The van der Waals surface area contributed by atoms with Crippen LogP contribution in [0.1, 0.15) is 27.3 Å². The number of nitrogens with one attached hydrogen (secondary N) is 2. The molecule has 2 N–H and O–H groups in total. The molecule has 5 rings (SSSR count). The number of hydrogen-bond acceptors (Lipinski definition) is 3. The SMILES string of the molecule is Cc1ccccc1C(=O)NC(=S)Nc1cc(-c2cc(C)n(-c3ccccc3F)c2C)nn1-c1ccccc1. The average Bonchev–Trinajstić information content (AvgIpc) is 3.45. The third-order valence-corrected chi connectivity index (χ3v) is 6.57. The third kappa shape index (κ3) is 4.86. The Morgan fingerprint density at radius 2 is 1.58 bits per heavy atom. The molecule has 0 fully saturated rings. The molecule has 3 aromatic carbocycles. The number of carbonyl (C=O) groups excluding carboxylic acids is 1.